The van der Waals surface area contributed by atoms with Gasteiger partial charge < -0.3 is 10.4 Å². The van der Waals surface area contributed by atoms with Crippen molar-refractivity contribution < 1.29 is 5.11 Å². The average molecular weight is 269 g/mol. The number of phenols is 1. The van der Waals surface area contributed by atoms with Crippen molar-refractivity contribution in [2.45, 2.75) is 32.7 Å². The number of benzene rings is 2. The van der Waals surface area contributed by atoms with Crippen molar-refractivity contribution in [2.75, 3.05) is 6.54 Å². The molecule has 1 aliphatic rings. The molecule has 0 spiro atoms. The fraction of sp³-hybridized carbons (Fsp3) is 0.444. The second-order valence-electron chi connectivity index (χ2n) is 6.17. The Bertz CT molecular complexity index is 603. The minimum absolute atomic E-state index is 0.181. The van der Waals surface area contributed by atoms with Crippen LogP contribution in [-0.2, 0) is 0 Å². The fourth-order valence-corrected chi connectivity index (χ4v) is 2.93. The Morgan fingerprint density at radius 3 is 2.65 bits per heavy atom. The van der Waals surface area contributed by atoms with Crippen LogP contribution in [0.1, 0.15) is 38.3 Å². The molecule has 0 bridgehead atoms. The zero-order valence-electron chi connectivity index (χ0n) is 12.3. The minimum Gasteiger partial charge on any atom is -0.507 e. The quantitative estimate of drug-likeness (QED) is 0.850. The van der Waals surface area contributed by atoms with Crippen molar-refractivity contribution >= 4 is 10.8 Å². The highest BCUT2D eigenvalue weighted by Crippen LogP contribution is 2.37. The highest BCUT2D eigenvalue weighted by atomic mass is 16.3. The molecular formula is C18H23NO. The summed E-state index contributed by atoms with van der Waals surface area (Å²) in [6.45, 7) is 5.47. The molecular weight excluding hydrogens is 246 g/mol. The molecule has 3 rings (SSSR count). The Morgan fingerprint density at radius 1 is 1.15 bits per heavy atom. The second kappa shape index (κ2) is 5.45. The monoisotopic (exact) mass is 269 g/mol. The number of phenolic OH excluding ortho intramolecular Hbond substituents is 1. The normalized spacial score (nSPS) is 18.1. The van der Waals surface area contributed by atoms with Gasteiger partial charge in [0, 0.05) is 17.0 Å². The molecule has 1 saturated carbocycles. The van der Waals surface area contributed by atoms with Crippen LogP contribution in [0.4, 0.5) is 0 Å². The van der Waals surface area contributed by atoms with Crippen molar-refractivity contribution in [2.24, 2.45) is 11.8 Å². The molecule has 2 atom stereocenters. The van der Waals surface area contributed by atoms with Crippen LogP contribution in [-0.4, -0.2) is 11.7 Å². The summed E-state index contributed by atoms with van der Waals surface area (Å²) >= 11 is 0. The van der Waals surface area contributed by atoms with Crippen LogP contribution in [0.15, 0.2) is 36.4 Å². The molecule has 1 fully saturated rings. The van der Waals surface area contributed by atoms with Crippen molar-refractivity contribution in [3.63, 3.8) is 0 Å². The summed E-state index contributed by atoms with van der Waals surface area (Å²) in [4.78, 5) is 0. The number of hydrogen-bond donors (Lipinski definition) is 2. The number of hydrogen-bond acceptors (Lipinski definition) is 2. The summed E-state index contributed by atoms with van der Waals surface area (Å²) in [5.41, 5.74) is 0.992. The van der Waals surface area contributed by atoms with Crippen molar-refractivity contribution in [1.82, 2.24) is 5.32 Å². The summed E-state index contributed by atoms with van der Waals surface area (Å²) in [7, 11) is 0. The van der Waals surface area contributed by atoms with E-state index in [-0.39, 0.29) is 6.04 Å². The first-order valence-electron chi connectivity index (χ1n) is 7.61. The Morgan fingerprint density at radius 2 is 1.90 bits per heavy atom. The molecule has 0 radical (unpaired) electrons. The number of aromatic hydroxyl groups is 1. The first-order chi connectivity index (χ1) is 9.66. The maximum absolute atomic E-state index is 10.5. The largest absolute Gasteiger partial charge is 0.507 e. The van der Waals surface area contributed by atoms with Gasteiger partial charge in [-0.2, -0.15) is 0 Å². The van der Waals surface area contributed by atoms with E-state index in [2.05, 4.69) is 25.2 Å². The highest BCUT2D eigenvalue weighted by molar-refractivity contribution is 5.89. The van der Waals surface area contributed by atoms with Crippen molar-refractivity contribution in [3.8, 4) is 5.75 Å². The van der Waals surface area contributed by atoms with Gasteiger partial charge >= 0.3 is 0 Å². The smallest absolute Gasteiger partial charge is 0.128 e. The first-order valence-corrected chi connectivity index (χ1v) is 7.61. The predicted octanol–water partition coefficient (Wildman–Crippen LogP) is 4.24. The van der Waals surface area contributed by atoms with Gasteiger partial charge in [-0.3, -0.25) is 0 Å². The minimum atomic E-state index is 0.181. The molecule has 0 amide bonds. The van der Waals surface area contributed by atoms with Crippen molar-refractivity contribution in [1.29, 1.82) is 0 Å². The third-order valence-electron chi connectivity index (χ3n) is 4.57. The summed E-state index contributed by atoms with van der Waals surface area (Å²) < 4.78 is 0. The standard InChI is InChI=1S/C18H23NO/c1-12(14-7-8-14)11-19-13(2)16-10-9-15-5-3-4-6-17(15)18(16)20/h3-6,9-10,12-14,19-20H,7-8,11H2,1-2H3. The Hall–Kier alpha value is -1.54. The topological polar surface area (TPSA) is 32.3 Å². The lowest BCUT2D eigenvalue weighted by Crippen LogP contribution is -2.25. The van der Waals surface area contributed by atoms with Crippen molar-refractivity contribution in [3.05, 3.63) is 42.0 Å². The predicted molar refractivity (Wildman–Crippen MR) is 83.9 cm³/mol. The van der Waals surface area contributed by atoms with Gasteiger partial charge in [0.15, 0.2) is 0 Å². The van der Waals surface area contributed by atoms with E-state index in [4.69, 9.17) is 0 Å². The van der Waals surface area contributed by atoms with E-state index in [0.717, 1.165) is 34.7 Å². The molecule has 2 heteroatoms. The number of rotatable bonds is 5. The molecule has 0 aliphatic heterocycles. The molecule has 0 saturated heterocycles. The van der Waals surface area contributed by atoms with Crippen LogP contribution < -0.4 is 5.32 Å². The zero-order valence-corrected chi connectivity index (χ0v) is 12.3. The SMILES string of the molecule is CC(NCC(C)C1CC1)c1ccc2ccccc2c1O. The maximum Gasteiger partial charge on any atom is 0.128 e. The Kier molecular flexibility index (Phi) is 3.66. The van der Waals surface area contributed by atoms with Crippen LogP contribution in [0.3, 0.4) is 0 Å². The second-order valence-corrected chi connectivity index (χ2v) is 6.17. The van der Waals surface area contributed by atoms with Gasteiger partial charge in [0.1, 0.15) is 5.75 Å². The van der Waals surface area contributed by atoms with Crippen LogP contribution in [0.2, 0.25) is 0 Å². The molecule has 106 valence electrons. The highest BCUT2D eigenvalue weighted by Gasteiger charge is 2.27. The summed E-state index contributed by atoms with van der Waals surface area (Å²) in [6.07, 6.45) is 2.77. The summed E-state index contributed by atoms with van der Waals surface area (Å²) in [6, 6.07) is 12.3. The van der Waals surface area contributed by atoms with Gasteiger partial charge in [-0.1, -0.05) is 43.3 Å². The molecule has 2 N–H and O–H groups in total. The molecule has 1 aliphatic carbocycles. The number of nitrogens with one attached hydrogen (secondary N) is 1. The lowest BCUT2D eigenvalue weighted by Gasteiger charge is -2.19. The van der Waals surface area contributed by atoms with Crippen LogP contribution in [0.5, 0.6) is 5.75 Å². The lowest BCUT2D eigenvalue weighted by atomic mass is 10.00. The summed E-state index contributed by atoms with van der Waals surface area (Å²) in [5, 5.41) is 16.1. The fourth-order valence-electron chi connectivity index (χ4n) is 2.93. The van der Waals surface area contributed by atoms with Gasteiger partial charge in [0.05, 0.1) is 0 Å². The maximum atomic E-state index is 10.5. The van der Waals surface area contributed by atoms with Crippen LogP contribution in [0.25, 0.3) is 10.8 Å². The average Bonchev–Trinajstić information content (AvgIpc) is 3.30. The van der Waals surface area contributed by atoms with E-state index in [1.165, 1.54) is 12.8 Å². The molecule has 2 nitrogen and oxygen atoms in total. The molecule has 2 unspecified atom stereocenters. The van der Waals surface area contributed by atoms with E-state index in [1.807, 2.05) is 30.3 Å². The lowest BCUT2D eigenvalue weighted by molar-refractivity contribution is 0.418. The molecule has 0 aromatic heterocycles. The van der Waals surface area contributed by atoms with Gasteiger partial charge in [-0.05, 0) is 43.5 Å². The zero-order chi connectivity index (χ0) is 14.1. The van der Waals surface area contributed by atoms with E-state index < -0.39 is 0 Å². The van der Waals surface area contributed by atoms with Gasteiger partial charge in [-0.15, -0.1) is 0 Å². The number of fused-ring (bicyclic) bond motifs is 1. The van der Waals surface area contributed by atoms with E-state index in [9.17, 15) is 5.11 Å². The van der Waals surface area contributed by atoms with Gasteiger partial charge in [0.25, 0.3) is 0 Å². The molecule has 2 aromatic rings. The Balaban J connectivity index is 1.76. The van der Waals surface area contributed by atoms with Crippen LogP contribution in [0, 0.1) is 11.8 Å². The van der Waals surface area contributed by atoms with E-state index in [1.54, 1.807) is 0 Å². The van der Waals surface area contributed by atoms with Crippen LogP contribution >= 0.6 is 0 Å². The van der Waals surface area contributed by atoms with Gasteiger partial charge in [-0.25, -0.2) is 0 Å². The molecule has 2 aromatic carbocycles. The molecule has 0 heterocycles. The Labute approximate surface area is 120 Å². The first kappa shape index (κ1) is 13.4. The summed E-state index contributed by atoms with van der Waals surface area (Å²) in [5.74, 6) is 2.07. The van der Waals surface area contributed by atoms with E-state index >= 15 is 0 Å². The van der Waals surface area contributed by atoms with E-state index in [0.29, 0.717) is 5.75 Å². The third kappa shape index (κ3) is 2.66. The molecule has 20 heavy (non-hydrogen) atoms. The van der Waals surface area contributed by atoms with Gasteiger partial charge in [0.2, 0.25) is 0 Å². The third-order valence-corrected chi connectivity index (χ3v) is 4.57.